The number of hydrogen-bond donors (Lipinski definition) is 0. The Kier molecular flexibility index (Phi) is 5.42. The predicted molar refractivity (Wildman–Crippen MR) is 54.8 cm³/mol. The van der Waals surface area contributed by atoms with E-state index >= 15 is 0 Å². The second-order valence-corrected chi connectivity index (χ2v) is 3.19. The first kappa shape index (κ1) is 11.8. The average molecular weight is 246 g/mol. The van der Waals surface area contributed by atoms with Gasteiger partial charge in [-0.1, -0.05) is 22.5 Å². The Bertz CT molecular complexity index is 250. The largest absolute Gasteiger partial charge is 1.00 e. The average Bonchev–Trinajstić information content (AvgIpc) is 2.05. The van der Waals surface area contributed by atoms with Crippen LogP contribution in [0.25, 0.3) is 0 Å². The molecule has 0 heterocycles. The van der Waals surface area contributed by atoms with Gasteiger partial charge in [0, 0.05) is 12.7 Å². The fraction of sp³-hybridized carbons (Fsp3) is 0.125. The molecule has 0 aromatic heterocycles. The van der Waals surface area contributed by atoms with Crippen LogP contribution < -0.4 is 4.90 Å². The summed E-state index contributed by atoms with van der Waals surface area (Å²) in [4.78, 5) is 1.80. The Labute approximate surface area is 94.0 Å². The van der Waals surface area contributed by atoms with E-state index in [1.807, 2.05) is 37.4 Å². The van der Waals surface area contributed by atoms with Gasteiger partial charge in [0.2, 0.25) is 0 Å². The fourth-order valence-corrected chi connectivity index (χ4v) is 0.968. The first-order valence-corrected chi connectivity index (χ1v) is 4.03. The third-order valence-electron chi connectivity index (χ3n) is 1.42. The molecule has 4 heteroatoms. The Balaban J connectivity index is 0.00000121. The molecular weight excluding hydrogens is 238 g/mol. The summed E-state index contributed by atoms with van der Waals surface area (Å²) in [6.45, 7) is 0. The van der Waals surface area contributed by atoms with Crippen molar-refractivity contribution < 1.29 is 17.1 Å². The molecule has 1 aromatic rings. The van der Waals surface area contributed by atoms with Gasteiger partial charge in [-0.15, -0.1) is 0 Å². The number of benzene rings is 1. The minimum Gasteiger partial charge on any atom is -0.411 e. The summed E-state index contributed by atoms with van der Waals surface area (Å²) >= 11 is 9.68. The van der Waals surface area contributed by atoms with Gasteiger partial charge in [-0.2, -0.15) is 0 Å². The van der Waals surface area contributed by atoms with E-state index in [0.29, 0.717) is 4.32 Å². The molecular formula is C8H8CuNS2. The molecule has 0 aliphatic heterocycles. The second kappa shape index (κ2) is 5.49. The van der Waals surface area contributed by atoms with Gasteiger partial charge in [0.05, 0.1) is 0 Å². The summed E-state index contributed by atoms with van der Waals surface area (Å²) in [6.07, 6.45) is 0. The van der Waals surface area contributed by atoms with E-state index in [2.05, 4.69) is 0 Å². The van der Waals surface area contributed by atoms with E-state index in [9.17, 15) is 0 Å². The van der Waals surface area contributed by atoms with Gasteiger partial charge < -0.3 is 29.7 Å². The van der Waals surface area contributed by atoms with Crippen molar-refractivity contribution in [2.75, 3.05) is 11.9 Å². The Hall–Kier alpha value is -0.151. The molecule has 0 atom stereocenters. The Morgan fingerprint density at radius 2 is 1.83 bits per heavy atom. The normalized spacial score (nSPS) is 8.42. The van der Waals surface area contributed by atoms with Crippen LogP contribution >= 0.6 is 12.2 Å². The van der Waals surface area contributed by atoms with Crippen LogP contribution in [0.1, 0.15) is 0 Å². The molecule has 0 saturated heterocycles. The van der Waals surface area contributed by atoms with Crippen LogP contribution in [-0.2, 0) is 29.7 Å². The van der Waals surface area contributed by atoms with E-state index in [1.165, 1.54) is 0 Å². The first-order valence-electron chi connectivity index (χ1n) is 3.21. The van der Waals surface area contributed by atoms with E-state index in [-0.39, 0.29) is 17.1 Å². The minimum atomic E-state index is 0. The van der Waals surface area contributed by atoms with Gasteiger partial charge in [-0.05, 0) is 12.1 Å². The molecule has 12 heavy (non-hydrogen) atoms. The number of anilines is 1. The molecule has 68 valence electrons. The molecule has 0 aliphatic rings. The topological polar surface area (TPSA) is 3.24 Å². The van der Waals surface area contributed by atoms with Gasteiger partial charge in [-0.25, -0.2) is 0 Å². The molecule has 0 spiro atoms. The van der Waals surface area contributed by atoms with E-state index in [1.54, 1.807) is 4.90 Å². The van der Waals surface area contributed by atoms with E-state index in [0.717, 1.165) is 5.69 Å². The maximum Gasteiger partial charge on any atom is 1.00 e. The number of para-hydroxylation sites is 1. The van der Waals surface area contributed by atoms with Crippen LogP contribution in [0.15, 0.2) is 30.3 Å². The standard InChI is InChI=1S/C8H9NS2.Cu/c1-9(8(10)11)7-5-3-2-4-6-7;/h2-6H,1H3,(H,10,11);/q;+1/p-1. The summed E-state index contributed by atoms with van der Waals surface area (Å²) in [5.74, 6) is 0. The number of nitrogens with zero attached hydrogens (tertiary/aromatic N) is 1. The predicted octanol–water partition coefficient (Wildman–Crippen LogP) is 1.95. The molecule has 1 rings (SSSR count). The Morgan fingerprint density at radius 3 is 2.25 bits per heavy atom. The van der Waals surface area contributed by atoms with Crippen molar-refractivity contribution in [2.45, 2.75) is 0 Å². The van der Waals surface area contributed by atoms with Crippen molar-refractivity contribution in [3.8, 4) is 0 Å². The number of rotatable bonds is 1. The van der Waals surface area contributed by atoms with Crippen LogP contribution in [0.2, 0.25) is 0 Å². The quantitative estimate of drug-likeness (QED) is 0.423. The summed E-state index contributed by atoms with van der Waals surface area (Å²) in [5.41, 5.74) is 1.03. The second-order valence-electron chi connectivity index (χ2n) is 2.16. The van der Waals surface area contributed by atoms with Crippen molar-refractivity contribution in [2.24, 2.45) is 0 Å². The van der Waals surface area contributed by atoms with Gasteiger partial charge in [0.1, 0.15) is 0 Å². The summed E-state index contributed by atoms with van der Waals surface area (Å²) in [6, 6.07) is 9.82. The Morgan fingerprint density at radius 1 is 1.33 bits per heavy atom. The summed E-state index contributed by atoms with van der Waals surface area (Å²) < 4.78 is 0.469. The third kappa shape index (κ3) is 3.07. The van der Waals surface area contributed by atoms with Crippen LogP contribution in [-0.4, -0.2) is 11.4 Å². The zero-order valence-electron chi connectivity index (χ0n) is 6.45. The summed E-state index contributed by atoms with van der Waals surface area (Å²) in [7, 11) is 1.87. The van der Waals surface area contributed by atoms with Crippen LogP contribution in [0, 0.1) is 0 Å². The van der Waals surface area contributed by atoms with Crippen molar-refractivity contribution >= 4 is 34.9 Å². The van der Waals surface area contributed by atoms with Gasteiger partial charge >= 0.3 is 17.1 Å². The fourth-order valence-electron chi connectivity index (χ4n) is 0.757. The molecule has 0 unspecified atom stereocenters. The van der Waals surface area contributed by atoms with E-state index < -0.39 is 0 Å². The number of thiocarbonyl (C=S) groups is 1. The molecule has 1 aromatic carbocycles. The van der Waals surface area contributed by atoms with Crippen LogP contribution in [0.5, 0.6) is 0 Å². The third-order valence-corrected chi connectivity index (χ3v) is 1.97. The van der Waals surface area contributed by atoms with Crippen LogP contribution in [0.3, 0.4) is 0 Å². The zero-order valence-corrected chi connectivity index (χ0v) is 9.03. The molecule has 0 radical (unpaired) electrons. The van der Waals surface area contributed by atoms with E-state index in [4.69, 9.17) is 24.8 Å². The monoisotopic (exact) mass is 245 g/mol. The van der Waals surface area contributed by atoms with Gasteiger partial charge in [0.25, 0.3) is 0 Å². The van der Waals surface area contributed by atoms with Crippen molar-refractivity contribution in [3.05, 3.63) is 30.3 Å². The molecule has 0 bridgehead atoms. The molecule has 0 saturated carbocycles. The molecule has 0 fully saturated rings. The number of hydrogen-bond acceptors (Lipinski definition) is 2. The van der Waals surface area contributed by atoms with Crippen molar-refractivity contribution in [1.29, 1.82) is 0 Å². The minimum absolute atomic E-state index is 0. The maximum absolute atomic E-state index is 4.84. The van der Waals surface area contributed by atoms with Crippen LogP contribution in [0.4, 0.5) is 5.69 Å². The smallest absolute Gasteiger partial charge is 0.411 e. The molecule has 1 nitrogen and oxygen atoms in total. The molecule has 0 amide bonds. The van der Waals surface area contributed by atoms with Crippen molar-refractivity contribution in [1.82, 2.24) is 0 Å². The first-order chi connectivity index (χ1) is 5.22. The van der Waals surface area contributed by atoms with Crippen molar-refractivity contribution in [3.63, 3.8) is 0 Å². The molecule has 0 aliphatic carbocycles. The van der Waals surface area contributed by atoms with Gasteiger partial charge in [-0.3, -0.25) is 0 Å². The molecule has 0 N–H and O–H groups in total. The summed E-state index contributed by atoms with van der Waals surface area (Å²) in [5, 5.41) is 0. The SMILES string of the molecule is CN(C(=S)[S-])c1ccccc1.[Cu+]. The maximum atomic E-state index is 4.84. The van der Waals surface area contributed by atoms with Gasteiger partial charge in [0.15, 0.2) is 0 Å². The zero-order chi connectivity index (χ0) is 8.27.